The van der Waals surface area contributed by atoms with Crippen molar-refractivity contribution in [1.82, 2.24) is 4.90 Å². The minimum Gasteiger partial charge on any atom is -0.507 e. The predicted molar refractivity (Wildman–Crippen MR) is 197 cm³/mol. The lowest BCUT2D eigenvalue weighted by Gasteiger charge is -2.37. The lowest BCUT2D eigenvalue weighted by atomic mass is 9.69. The Morgan fingerprint density at radius 1 is 1.13 bits per heavy atom. The van der Waals surface area contributed by atoms with Gasteiger partial charge in [0.15, 0.2) is 28.9 Å². The Morgan fingerprint density at radius 3 is 2.54 bits per heavy atom. The molecule has 54 heavy (non-hydrogen) atoms. The zero-order valence-corrected chi connectivity index (χ0v) is 30.0. The summed E-state index contributed by atoms with van der Waals surface area (Å²) < 4.78 is 6.19. The highest BCUT2D eigenvalue weighted by Crippen LogP contribution is 2.67. The van der Waals surface area contributed by atoms with E-state index in [0.29, 0.717) is 0 Å². The topological polar surface area (TPSA) is 203 Å². The van der Waals surface area contributed by atoms with Crippen LogP contribution in [0.2, 0.25) is 0 Å². The first-order valence-electron chi connectivity index (χ1n) is 17.3. The number of epoxide rings is 1. The van der Waals surface area contributed by atoms with E-state index in [-0.39, 0.29) is 89.0 Å². The predicted octanol–water partition coefficient (Wildman–Crippen LogP) is 2.21. The van der Waals surface area contributed by atoms with E-state index < -0.39 is 63.8 Å². The Morgan fingerprint density at radius 2 is 1.85 bits per heavy atom. The first kappa shape index (κ1) is 36.8. The van der Waals surface area contributed by atoms with Gasteiger partial charge in [-0.1, -0.05) is 29.8 Å². The zero-order valence-electron chi connectivity index (χ0n) is 29.2. The lowest BCUT2D eigenvalue weighted by molar-refractivity contribution is -0.138. The lowest BCUT2D eigenvalue weighted by Crippen LogP contribution is -2.54. The fraction of sp³-hybridized carbons (Fsp3) is 0.350. The highest BCUT2D eigenvalue weighted by molar-refractivity contribution is 8.00. The van der Waals surface area contributed by atoms with Gasteiger partial charge < -0.3 is 30.7 Å². The number of carbonyl (C=O) groups is 6. The standard InChI is InChI=1S/C40H35N3O10S/c1-4-21(16-23(45)10-9-15-43-31(48)19-28(54-3)38(43)52)37(51)41-22-13-14-24-25(17-22)36(50)32-27(46)18-26-34(33(32)35(24)49)42-29-11-7-5-6-8-12-30(47)40(26)39(29,53-40)20(2)44/h4-6,13-14,17-18,20-21,28-30,42,44,46-47H,1,9-10,15-16,19H2,2-3H3,(H,41,51)/b6-5-/t20-,21-,28?,29+,30-,39+,40+/m1/s1. The molecule has 3 heterocycles. The maximum atomic E-state index is 14.2. The second-order valence-electron chi connectivity index (χ2n) is 13.7. The number of hydrogen-bond donors (Lipinski definition) is 5. The van der Waals surface area contributed by atoms with Gasteiger partial charge in [0, 0.05) is 48.2 Å². The molecule has 2 aromatic carbocycles. The Bertz CT molecular complexity index is 2240. The summed E-state index contributed by atoms with van der Waals surface area (Å²) in [4.78, 5) is 80.0. The number of rotatable bonds is 11. The highest BCUT2D eigenvalue weighted by Gasteiger charge is 2.82. The normalized spacial score (nSPS) is 27.3. The number of aliphatic hydroxyl groups excluding tert-OH is 2. The van der Waals surface area contributed by atoms with Crippen LogP contribution in [0.15, 0.2) is 49.1 Å². The molecule has 276 valence electrons. The summed E-state index contributed by atoms with van der Waals surface area (Å²) in [7, 11) is 0. The third-order valence-corrected chi connectivity index (χ3v) is 11.6. The molecule has 0 radical (unpaired) electrons. The molecule has 3 amide bonds. The van der Waals surface area contributed by atoms with Crippen molar-refractivity contribution in [2.75, 3.05) is 23.4 Å². The molecule has 2 bridgehead atoms. The number of aliphatic hydroxyl groups is 2. The molecule has 5 N–H and O–H groups in total. The van der Waals surface area contributed by atoms with E-state index in [4.69, 9.17) is 4.74 Å². The molecule has 2 aliphatic carbocycles. The number of thioether (sulfide) groups is 1. The Hall–Kier alpha value is -5.51. The van der Waals surface area contributed by atoms with E-state index in [1.807, 2.05) is 0 Å². The van der Waals surface area contributed by atoms with Crippen LogP contribution in [0.4, 0.5) is 11.4 Å². The van der Waals surface area contributed by atoms with Crippen molar-refractivity contribution in [3.8, 4) is 29.4 Å². The number of carbonyl (C=O) groups excluding carboxylic acids is 6. The molecular formula is C40H35N3O10S. The number of Topliss-reactive ketones (excluding diaryl/α,β-unsaturated/α-hetero) is 1. The number of nitrogens with one attached hydrogen (secondary N) is 2. The van der Waals surface area contributed by atoms with Crippen LogP contribution < -0.4 is 10.6 Å². The van der Waals surface area contributed by atoms with Gasteiger partial charge in [0.1, 0.15) is 17.6 Å². The van der Waals surface area contributed by atoms with Gasteiger partial charge in [-0.15, -0.1) is 6.58 Å². The van der Waals surface area contributed by atoms with E-state index in [0.717, 1.165) is 0 Å². The average molecular weight is 750 g/mol. The number of hydrogen-bond acceptors (Lipinski definition) is 12. The van der Waals surface area contributed by atoms with Crippen molar-refractivity contribution in [2.45, 2.75) is 67.3 Å². The van der Waals surface area contributed by atoms with Gasteiger partial charge in [0.2, 0.25) is 17.7 Å². The SMILES string of the molecule is C=C[C@H](CC(=O)CCCN1C(=O)CC(SC)C1=O)C(=O)Nc1ccc2c(c1)C(=O)c1c(O)cc3c(c1C2=O)N[C@H]1C#C/C=C\C#C[C@@H](O)[C@@]32O[C@@]12[C@@H](C)O. The second-order valence-corrected chi connectivity index (χ2v) is 14.7. The summed E-state index contributed by atoms with van der Waals surface area (Å²) in [6.07, 6.45) is 3.55. The number of fused-ring (bicyclic) bond motifs is 4. The molecule has 2 aromatic rings. The van der Waals surface area contributed by atoms with E-state index in [2.05, 4.69) is 40.9 Å². The average Bonchev–Trinajstić information content (AvgIpc) is 3.81. The molecule has 2 fully saturated rings. The molecule has 7 rings (SSSR count). The zero-order chi connectivity index (χ0) is 38.7. The van der Waals surface area contributed by atoms with Gasteiger partial charge in [0.05, 0.1) is 34.1 Å². The fourth-order valence-corrected chi connectivity index (χ4v) is 8.53. The monoisotopic (exact) mass is 749 g/mol. The van der Waals surface area contributed by atoms with Crippen molar-refractivity contribution in [3.05, 3.63) is 76.9 Å². The minimum absolute atomic E-state index is 0.0143. The van der Waals surface area contributed by atoms with Gasteiger partial charge in [0.25, 0.3) is 0 Å². The number of anilines is 2. The summed E-state index contributed by atoms with van der Waals surface area (Å²) in [5, 5.41) is 39.1. The number of phenols is 1. The molecule has 5 aliphatic rings. The van der Waals surface area contributed by atoms with Crippen molar-refractivity contribution in [1.29, 1.82) is 0 Å². The van der Waals surface area contributed by atoms with E-state index in [9.17, 15) is 44.1 Å². The van der Waals surface area contributed by atoms with Gasteiger partial charge in [-0.25, -0.2) is 0 Å². The molecule has 0 spiro atoms. The molecule has 0 saturated carbocycles. The van der Waals surface area contributed by atoms with Gasteiger partial charge in [-0.3, -0.25) is 33.7 Å². The summed E-state index contributed by atoms with van der Waals surface area (Å²) in [6, 6.07) is 4.37. The first-order valence-corrected chi connectivity index (χ1v) is 18.5. The van der Waals surface area contributed by atoms with Crippen LogP contribution in [0.5, 0.6) is 5.75 Å². The van der Waals surface area contributed by atoms with Gasteiger partial charge in [-0.05, 0) is 56.0 Å². The number of benzene rings is 2. The molecule has 7 atom stereocenters. The summed E-state index contributed by atoms with van der Waals surface area (Å²) in [6.45, 7) is 5.28. The minimum atomic E-state index is -1.70. The molecule has 1 unspecified atom stereocenters. The molecule has 2 saturated heterocycles. The summed E-state index contributed by atoms with van der Waals surface area (Å²) in [5.41, 5.74) is -3.39. The van der Waals surface area contributed by atoms with Crippen LogP contribution in [0.1, 0.15) is 70.0 Å². The largest absolute Gasteiger partial charge is 0.507 e. The van der Waals surface area contributed by atoms with Crippen molar-refractivity contribution < 1.29 is 48.8 Å². The number of amides is 3. The highest BCUT2D eigenvalue weighted by atomic mass is 32.2. The molecule has 14 heteroatoms. The maximum absolute atomic E-state index is 14.2. The van der Waals surface area contributed by atoms with Crippen LogP contribution in [0.3, 0.4) is 0 Å². The van der Waals surface area contributed by atoms with E-state index in [1.54, 1.807) is 6.26 Å². The number of aromatic hydroxyl groups is 1. The number of allylic oxidation sites excluding steroid dienone is 2. The number of imide groups is 1. The van der Waals surface area contributed by atoms with Crippen LogP contribution in [0, 0.1) is 29.6 Å². The number of ether oxygens (including phenoxy) is 1. The van der Waals surface area contributed by atoms with Crippen LogP contribution in [-0.4, -0.2) is 97.2 Å². The molecule has 13 nitrogen and oxygen atoms in total. The number of nitrogens with zero attached hydrogens (tertiary/aromatic N) is 1. The summed E-state index contributed by atoms with van der Waals surface area (Å²) >= 11 is 1.31. The second kappa shape index (κ2) is 13.7. The number of phenolic OH excluding ortho intramolecular Hbond substituents is 1. The Kier molecular flexibility index (Phi) is 9.36. The molecule has 0 aromatic heterocycles. The van der Waals surface area contributed by atoms with Crippen LogP contribution in [-0.2, 0) is 29.5 Å². The number of ketones is 3. The Labute approximate surface area is 314 Å². The van der Waals surface area contributed by atoms with Crippen molar-refractivity contribution in [2.24, 2.45) is 5.92 Å². The quantitative estimate of drug-likeness (QED) is 0.0630. The van der Waals surface area contributed by atoms with Crippen molar-refractivity contribution in [3.63, 3.8) is 0 Å². The third-order valence-electron chi connectivity index (χ3n) is 10.6. The molecule has 3 aliphatic heterocycles. The smallest absolute Gasteiger partial charge is 0.242 e. The van der Waals surface area contributed by atoms with Gasteiger partial charge in [-0.2, -0.15) is 11.8 Å². The maximum Gasteiger partial charge on any atom is 0.242 e. The fourth-order valence-electron chi connectivity index (χ4n) is 7.89. The van der Waals surface area contributed by atoms with Crippen molar-refractivity contribution >= 4 is 58.2 Å². The van der Waals surface area contributed by atoms with Crippen LogP contribution in [0.25, 0.3) is 0 Å². The molecular weight excluding hydrogens is 715 g/mol. The number of likely N-dealkylation sites (tertiary alicyclic amines) is 1. The van der Waals surface area contributed by atoms with Gasteiger partial charge >= 0.3 is 0 Å². The third kappa shape index (κ3) is 5.56. The van der Waals surface area contributed by atoms with Crippen LogP contribution >= 0.6 is 11.8 Å². The van der Waals surface area contributed by atoms with E-state index in [1.165, 1.54) is 66.1 Å². The first-order chi connectivity index (χ1) is 25.8. The summed E-state index contributed by atoms with van der Waals surface area (Å²) in [5.74, 6) is 6.94. The van der Waals surface area contributed by atoms with E-state index >= 15 is 0 Å². The Balaban J connectivity index is 1.11.